The van der Waals surface area contributed by atoms with E-state index in [2.05, 4.69) is 41.3 Å². The van der Waals surface area contributed by atoms with Gasteiger partial charge in [-0.15, -0.1) is 4.70 Å². The number of rotatable bonds is 4. The lowest BCUT2D eigenvalue weighted by atomic mass is 10.2. The van der Waals surface area contributed by atoms with Gasteiger partial charge in [-0.3, -0.25) is 0 Å². The third-order valence-electron chi connectivity index (χ3n) is 3.07. The number of thioether (sulfide) groups is 1. The van der Waals surface area contributed by atoms with Gasteiger partial charge in [-0.05, 0) is 29.6 Å². The molecule has 0 spiro atoms. The summed E-state index contributed by atoms with van der Waals surface area (Å²) in [6, 6.07) is 18.7. The lowest BCUT2D eigenvalue weighted by molar-refractivity contribution is -0.374. The Morgan fingerprint density at radius 2 is 1.80 bits per heavy atom. The number of aryl methyl sites for hydroxylation is 1. The van der Waals surface area contributed by atoms with Crippen molar-refractivity contribution in [1.29, 1.82) is 0 Å². The van der Waals surface area contributed by atoms with Crippen molar-refractivity contribution < 1.29 is 4.70 Å². The summed E-state index contributed by atoms with van der Waals surface area (Å²) in [5, 5.41) is 4.56. The van der Waals surface area contributed by atoms with E-state index in [1.165, 1.54) is 11.1 Å². The second-order valence-electron chi connectivity index (χ2n) is 4.68. The number of hydrogen-bond acceptors (Lipinski definition) is 3. The standard InChI is InChI=1S/C16H16N3S/c1-13-7-9-14(10-8-13)11-20-16-17-12-19(18-16)15-5-3-2-4-6-15/h2-10,12,16H,11H2,1H3/q+1. The van der Waals surface area contributed by atoms with Crippen LogP contribution in [0.5, 0.6) is 0 Å². The molecule has 4 heteroatoms. The number of hydrogen-bond donors (Lipinski definition) is 0. The molecule has 1 aliphatic rings. The normalized spacial score (nSPS) is 17.2. The van der Waals surface area contributed by atoms with Crippen LogP contribution in [0.4, 0.5) is 5.69 Å². The van der Waals surface area contributed by atoms with Crippen LogP contribution in [0.25, 0.3) is 0 Å². The van der Waals surface area contributed by atoms with Gasteiger partial charge < -0.3 is 0 Å². The van der Waals surface area contributed by atoms with E-state index in [4.69, 9.17) is 0 Å². The maximum atomic E-state index is 4.56. The van der Waals surface area contributed by atoms with Crippen LogP contribution in [-0.2, 0) is 5.75 Å². The molecule has 0 saturated carbocycles. The minimum Gasteiger partial charge on any atom is -0.100 e. The van der Waals surface area contributed by atoms with Crippen LogP contribution in [0, 0.1) is 6.92 Å². The molecule has 0 saturated heterocycles. The van der Waals surface area contributed by atoms with Crippen LogP contribution in [0.3, 0.4) is 0 Å². The second kappa shape index (κ2) is 6.01. The Morgan fingerprint density at radius 3 is 2.55 bits per heavy atom. The van der Waals surface area contributed by atoms with E-state index >= 15 is 0 Å². The monoisotopic (exact) mass is 282 g/mol. The molecule has 1 unspecified atom stereocenters. The molecule has 0 amide bonds. The van der Waals surface area contributed by atoms with Gasteiger partial charge in [0.15, 0.2) is 5.69 Å². The zero-order valence-corrected chi connectivity index (χ0v) is 12.1. The highest BCUT2D eigenvalue weighted by Crippen LogP contribution is 2.24. The second-order valence-corrected chi connectivity index (χ2v) is 5.73. The fourth-order valence-electron chi connectivity index (χ4n) is 1.93. The Hall–Kier alpha value is -1.94. The van der Waals surface area contributed by atoms with Crippen molar-refractivity contribution in [2.75, 3.05) is 0 Å². The summed E-state index contributed by atoms with van der Waals surface area (Å²) in [5.41, 5.74) is 3.60. The fourth-order valence-corrected chi connectivity index (χ4v) is 2.77. The molecule has 0 aromatic heterocycles. The summed E-state index contributed by atoms with van der Waals surface area (Å²) in [5.74, 6) is 0.925. The summed E-state index contributed by atoms with van der Waals surface area (Å²) in [6.45, 7) is 2.10. The largest absolute Gasteiger partial charge is 0.313 e. The molecule has 20 heavy (non-hydrogen) atoms. The molecule has 2 aromatic carbocycles. The average Bonchev–Trinajstić information content (AvgIpc) is 2.97. The number of para-hydroxylation sites is 1. The van der Waals surface area contributed by atoms with Crippen LogP contribution < -0.4 is 0 Å². The van der Waals surface area contributed by atoms with Gasteiger partial charge in [0.2, 0.25) is 0 Å². The van der Waals surface area contributed by atoms with Crippen molar-refractivity contribution in [3.8, 4) is 0 Å². The first-order valence-electron chi connectivity index (χ1n) is 6.57. The first-order valence-corrected chi connectivity index (χ1v) is 7.62. The highest BCUT2D eigenvalue weighted by molar-refractivity contribution is 7.99. The predicted molar refractivity (Wildman–Crippen MR) is 83.5 cm³/mol. The first-order chi connectivity index (χ1) is 9.81. The predicted octanol–water partition coefficient (Wildman–Crippen LogP) is 4.35. The number of benzene rings is 2. The first kappa shape index (κ1) is 13.1. The van der Waals surface area contributed by atoms with Gasteiger partial charge in [0.05, 0.1) is 0 Å². The molecular formula is C16H16N3S+. The van der Waals surface area contributed by atoms with Gasteiger partial charge in [-0.25, -0.2) is 0 Å². The highest BCUT2D eigenvalue weighted by atomic mass is 32.2. The highest BCUT2D eigenvalue weighted by Gasteiger charge is 2.22. The van der Waals surface area contributed by atoms with E-state index in [9.17, 15) is 0 Å². The quantitative estimate of drug-likeness (QED) is 0.766. The number of aliphatic imine (C=N–C) groups is 1. The minimum absolute atomic E-state index is 0.0449. The van der Waals surface area contributed by atoms with Crippen LogP contribution in [0.15, 0.2) is 64.7 Å². The molecule has 1 aliphatic heterocycles. The Balaban J connectivity index is 1.62. The molecule has 0 N–H and O–H groups in total. The van der Waals surface area contributed by atoms with Crippen molar-refractivity contribution in [3.63, 3.8) is 0 Å². The third-order valence-corrected chi connectivity index (χ3v) is 4.08. The topological polar surface area (TPSA) is 27.7 Å². The molecule has 2 aromatic rings. The number of nitrogens with zero attached hydrogens (tertiary/aromatic N) is 3. The molecule has 3 rings (SSSR count). The van der Waals surface area contributed by atoms with Gasteiger partial charge in [-0.2, -0.15) is 0 Å². The van der Waals surface area contributed by atoms with Gasteiger partial charge in [-0.1, -0.05) is 64.9 Å². The molecular weight excluding hydrogens is 266 g/mol. The van der Waals surface area contributed by atoms with Gasteiger partial charge in [0.1, 0.15) is 0 Å². The Kier molecular flexibility index (Phi) is 3.92. The zero-order chi connectivity index (χ0) is 13.8. The molecule has 3 nitrogen and oxygen atoms in total. The van der Waals surface area contributed by atoms with Crippen molar-refractivity contribution >= 4 is 23.8 Å². The maximum absolute atomic E-state index is 4.56. The van der Waals surface area contributed by atoms with E-state index < -0.39 is 0 Å². The average molecular weight is 282 g/mol. The maximum Gasteiger partial charge on any atom is 0.313 e. The Bertz CT molecular complexity index is 633. The van der Waals surface area contributed by atoms with Crippen LogP contribution in [0.1, 0.15) is 11.1 Å². The van der Waals surface area contributed by atoms with E-state index in [-0.39, 0.29) is 5.50 Å². The van der Waals surface area contributed by atoms with E-state index in [0.717, 1.165) is 11.4 Å². The van der Waals surface area contributed by atoms with Gasteiger partial charge in [0.25, 0.3) is 0 Å². The molecule has 1 heterocycles. The molecule has 0 bridgehead atoms. The van der Waals surface area contributed by atoms with Gasteiger partial charge in [0, 0.05) is 5.75 Å². The van der Waals surface area contributed by atoms with Crippen molar-refractivity contribution in [2.24, 2.45) is 10.1 Å². The van der Waals surface area contributed by atoms with E-state index in [1.807, 2.05) is 35.0 Å². The third kappa shape index (κ3) is 3.14. The lowest BCUT2D eigenvalue weighted by Gasteiger charge is -2.00. The van der Waals surface area contributed by atoms with Crippen molar-refractivity contribution in [1.82, 2.24) is 0 Å². The number of azo groups is 2. The van der Waals surface area contributed by atoms with Gasteiger partial charge >= 0.3 is 11.8 Å². The summed E-state index contributed by atoms with van der Waals surface area (Å²) in [7, 11) is 0. The molecule has 1 atom stereocenters. The zero-order valence-electron chi connectivity index (χ0n) is 11.3. The Labute approximate surface area is 123 Å². The molecule has 100 valence electrons. The van der Waals surface area contributed by atoms with E-state index in [0.29, 0.717) is 0 Å². The fraction of sp³-hybridized carbons (Fsp3) is 0.188. The molecule has 0 aliphatic carbocycles. The summed E-state index contributed by atoms with van der Waals surface area (Å²) < 4.78 is 1.84. The van der Waals surface area contributed by atoms with Crippen LogP contribution in [-0.4, -0.2) is 16.5 Å². The van der Waals surface area contributed by atoms with E-state index in [1.54, 1.807) is 18.1 Å². The Morgan fingerprint density at radius 1 is 1.05 bits per heavy atom. The summed E-state index contributed by atoms with van der Waals surface area (Å²) in [4.78, 5) is 4.42. The van der Waals surface area contributed by atoms with Crippen molar-refractivity contribution in [3.05, 3.63) is 65.7 Å². The van der Waals surface area contributed by atoms with Crippen LogP contribution >= 0.6 is 11.8 Å². The summed E-state index contributed by atoms with van der Waals surface area (Å²) in [6.07, 6.45) is 1.79. The SMILES string of the molecule is Cc1ccc(CSC2N=C[N+](c3ccccc3)=N2)cc1. The smallest absolute Gasteiger partial charge is 0.100 e. The lowest BCUT2D eigenvalue weighted by Crippen LogP contribution is -1.95. The molecule has 0 fully saturated rings. The minimum atomic E-state index is -0.0449. The molecule has 0 radical (unpaired) electrons. The summed E-state index contributed by atoms with van der Waals surface area (Å²) >= 11 is 1.74. The van der Waals surface area contributed by atoms with Crippen LogP contribution in [0.2, 0.25) is 0 Å². The van der Waals surface area contributed by atoms with Crippen molar-refractivity contribution in [2.45, 2.75) is 18.2 Å².